The maximum Gasteiger partial charge on any atom is 0.314 e. The molecular weight excluding hydrogens is 320 g/mol. The predicted molar refractivity (Wildman–Crippen MR) is 97.1 cm³/mol. The van der Waals surface area contributed by atoms with E-state index in [9.17, 15) is 9.90 Å². The highest BCUT2D eigenvalue weighted by Crippen LogP contribution is 2.46. The number of benzene rings is 1. The molecule has 0 spiro atoms. The molecule has 0 bridgehead atoms. The number of carbonyl (C=O) groups excluding carboxylic acids is 1. The Labute approximate surface area is 146 Å². The molecule has 5 heteroatoms. The zero-order valence-electron chi connectivity index (χ0n) is 13.7. The van der Waals surface area contributed by atoms with Crippen LogP contribution in [0.5, 0.6) is 0 Å². The van der Waals surface area contributed by atoms with Gasteiger partial charge in [0.05, 0.1) is 6.54 Å². The molecular formula is C19H24N2O2S. The summed E-state index contributed by atoms with van der Waals surface area (Å²) in [5, 5.41) is 18.6. The van der Waals surface area contributed by atoms with Gasteiger partial charge < -0.3 is 15.7 Å². The first-order chi connectivity index (χ1) is 11.7. The van der Waals surface area contributed by atoms with Crippen LogP contribution in [0.15, 0.2) is 47.8 Å². The normalized spacial score (nSPS) is 16.4. The fourth-order valence-corrected chi connectivity index (χ4v) is 3.84. The molecule has 1 fully saturated rings. The number of urea groups is 1. The summed E-state index contributed by atoms with van der Waals surface area (Å²) in [5.41, 5.74) is 0.357. The van der Waals surface area contributed by atoms with E-state index in [0.29, 0.717) is 6.54 Å². The van der Waals surface area contributed by atoms with Crippen molar-refractivity contribution in [2.45, 2.75) is 31.3 Å². The lowest BCUT2D eigenvalue weighted by molar-refractivity contribution is 0.0196. The first-order valence-corrected chi connectivity index (χ1v) is 9.38. The van der Waals surface area contributed by atoms with Crippen LogP contribution in [0.3, 0.4) is 0 Å². The third-order valence-electron chi connectivity index (χ3n) is 4.49. The number of carbonyl (C=O) groups is 1. The Morgan fingerprint density at radius 1 is 1.17 bits per heavy atom. The van der Waals surface area contributed by atoms with Gasteiger partial charge >= 0.3 is 6.03 Å². The highest BCUT2D eigenvalue weighted by Gasteiger charge is 2.45. The molecule has 1 atom stereocenters. The summed E-state index contributed by atoms with van der Waals surface area (Å²) < 4.78 is 0. The van der Waals surface area contributed by atoms with Crippen LogP contribution in [0.2, 0.25) is 0 Å². The van der Waals surface area contributed by atoms with Crippen molar-refractivity contribution in [3.63, 3.8) is 0 Å². The number of thiophene rings is 1. The predicted octanol–water partition coefficient (Wildman–Crippen LogP) is 3.28. The molecule has 2 aromatic rings. The zero-order chi connectivity index (χ0) is 16.8. The van der Waals surface area contributed by atoms with Crippen molar-refractivity contribution in [1.82, 2.24) is 10.6 Å². The quantitative estimate of drug-likeness (QED) is 0.644. The summed E-state index contributed by atoms with van der Waals surface area (Å²) in [6.07, 6.45) is 3.89. The Kier molecular flexibility index (Phi) is 5.53. The van der Waals surface area contributed by atoms with E-state index in [-0.39, 0.29) is 18.5 Å². The Morgan fingerprint density at radius 3 is 2.62 bits per heavy atom. The molecule has 1 unspecified atom stereocenters. The van der Waals surface area contributed by atoms with Gasteiger partial charge in [-0.05, 0) is 48.6 Å². The van der Waals surface area contributed by atoms with E-state index < -0.39 is 5.60 Å². The molecule has 1 aliphatic rings. The highest BCUT2D eigenvalue weighted by atomic mass is 32.1. The van der Waals surface area contributed by atoms with Gasteiger partial charge in [-0.25, -0.2) is 4.79 Å². The van der Waals surface area contributed by atoms with Crippen molar-refractivity contribution in [2.24, 2.45) is 5.92 Å². The smallest absolute Gasteiger partial charge is 0.314 e. The summed E-state index contributed by atoms with van der Waals surface area (Å²) in [5.74, 6) is 0.259. The van der Waals surface area contributed by atoms with E-state index in [4.69, 9.17) is 0 Å². The molecule has 0 aliphatic heterocycles. The largest absolute Gasteiger partial charge is 0.382 e. The maximum atomic E-state index is 12.0. The van der Waals surface area contributed by atoms with E-state index in [1.165, 1.54) is 5.56 Å². The third kappa shape index (κ3) is 4.36. The van der Waals surface area contributed by atoms with E-state index in [0.717, 1.165) is 30.6 Å². The van der Waals surface area contributed by atoms with Crippen LogP contribution in [-0.4, -0.2) is 24.2 Å². The maximum absolute atomic E-state index is 12.0. The SMILES string of the molecule is O=C(NCCCc1ccccc1)NCC(O)(c1cccs1)C1CC1. The minimum Gasteiger partial charge on any atom is -0.382 e. The van der Waals surface area contributed by atoms with Crippen molar-refractivity contribution >= 4 is 17.4 Å². The zero-order valence-corrected chi connectivity index (χ0v) is 14.5. The van der Waals surface area contributed by atoms with Gasteiger partial charge in [0.1, 0.15) is 5.60 Å². The van der Waals surface area contributed by atoms with E-state index in [1.54, 1.807) is 11.3 Å². The Bertz CT molecular complexity index is 641. The number of rotatable bonds is 8. The minimum atomic E-state index is -0.921. The molecule has 1 heterocycles. The summed E-state index contributed by atoms with van der Waals surface area (Å²) in [6.45, 7) is 0.893. The monoisotopic (exact) mass is 344 g/mol. The van der Waals surface area contributed by atoms with Gasteiger partial charge in [-0.2, -0.15) is 0 Å². The Hall–Kier alpha value is -1.85. The molecule has 0 saturated heterocycles. The van der Waals surface area contributed by atoms with Gasteiger partial charge in [0.15, 0.2) is 0 Å². The lowest BCUT2D eigenvalue weighted by atomic mass is 9.96. The minimum absolute atomic E-state index is 0.210. The topological polar surface area (TPSA) is 61.4 Å². The number of nitrogens with one attached hydrogen (secondary N) is 2. The number of hydrogen-bond acceptors (Lipinski definition) is 3. The van der Waals surface area contributed by atoms with Gasteiger partial charge in [0.2, 0.25) is 0 Å². The fraction of sp³-hybridized carbons (Fsp3) is 0.421. The standard InChI is InChI=1S/C19H24N2O2S/c22-18(20-12-4-8-15-6-2-1-3-7-15)21-14-19(23,16-10-11-16)17-9-5-13-24-17/h1-3,5-7,9,13,16,23H,4,8,10-12,14H2,(H2,20,21,22). The molecule has 1 aliphatic carbocycles. The summed E-state index contributed by atoms with van der Waals surface area (Å²) in [4.78, 5) is 12.9. The molecule has 4 nitrogen and oxygen atoms in total. The first-order valence-electron chi connectivity index (χ1n) is 8.50. The molecule has 128 valence electrons. The number of aliphatic hydroxyl groups is 1. The van der Waals surface area contributed by atoms with Gasteiger partial charge in [-0.3, -0.25) is 0 Å². The van der Waals surface area contributed by atoms with E-state index in [1.807, 2.05) is 35.7 Å². The van der Waals surface area contributed by atoms with Gasteiger partial charge in [-0.15, -0.1) is 11.3 Å². The molecule has 24 heavy (non-hydrogen) atoms. The average Bonchev–Trinajstić information content (AvgIpc) is 3.32. The average molecular weight is 344 g/mol. The highest BCUT2D eigenvalue weighted by molar-refractivity contribution is 7.10. The Morgan fingerprint density at radius 2 is 1.96 bits per heavy atom. The van der Waals surface area contributed by atoms with Crippen LogP contribution in [-0.2, 0) is 12.0 Å². The van der Waals surface area contributed by atoms with E-state index >= 15 is 0 Å². The van der Waals surface area contributed by atoms with Crippen molar-refractivity contribution in [2.75, 3.05) is 13.1 Å². The van der Waals surface area contributed by atoms with Crippen LogP contribution in [0.25, 0.3) is 0 Å². The summed E-state index contributed by atoms with van der Waals surface area (Å²) in [7, 11) is 0. The third-order valence-corrected chi connectivity index (χ3v) is 5.53. The number of hydrogen-bond donors (Lipinski definition) is 3. The van der Waals surface area contributed by atoms with Crippen molar-refractivity contribution in [3.8, 4) is 0 Å². The van der Waals surface area contributed by atoms with Crippen LogP contribution in [0, 0.1) is 5.92 Å². The summed E-state index contributed by atoms with van der Waals surface area (Å²) >= 11 is 1.55. The lowest BCUT2D eigenvalue weighted by Gasteiger charge is -2.27. The molecule has 3 N–H and O–H groups in total. The molecule has 1 saturated carbocycles. The number of amides is 2. The van der Waals surface area contributed by atoms with Gasteiger partial charge in [0.25, 0.3) is 0 Å². The van der Waals surface area contributed by atoms with Crippen LogP contribution >= 0.6 is 11.3 Å². The van der Waals surface area contributed by atoms with Crippen LogP contribution in [0.4, 0.5) is 4.79 Å². The second kappa shape index (κ2) is 7.81. The van der Waals surface area contributed by atoms with Gasteiger partial charge in [-0.1, -0.05) is 36.4 Å². The molecule has 3 rings (SSSR count). The second-order valence-electron chi connectivity index (χ2n) is 6.37. The molecule has 1 aromatic carbocycles. The van der Waals surface area contributed by atoms with Crippen LogP contribution in [0.1, 0.15) is 29.7 Å². The van der Waals surface area contributed by atoms with E-state index in [2.05, 4.69) is 22.8 Å². The van der Waals surface area contributed by atoms with Crippen molar-refractivity contribution < 1.29 is 9.90 Å². The van der Waals surface area contributed by atoms with Gasteiger partial charge in [0, 0.05) is 11.4 Å². The fourth-order valence-electron chi connectivity index (χ4n) is 2.94. The number of aryl methyl sites for hydroxylation is 1. The van der Waals surface area contributed by atoms with Crippen molar-refractivity contribution in [3.05, 3.63) is 58.3 Å². The molecule has 2 amide bonds. The molecule has 0 radical (unpaired) electrons. The molecule has 1 aromatic heterocycles. The lowest BCUT2D eigenvalue weighted by Crippen LogP contribution is -2.45. The van der Waals surface area contributed by atoms with Crippen LogP contribution < -0.4 is 10.6 Å². The van der Waals surface area contributed by atoms with Crippen molar-refractivity contribution in [1.29, 1.82) is 0 Å². The second-order valence-corrected chi connectivity index (χ2v) is 7.32. The Balaban J connectivity index is 1.40. The first kappa shape index (κ1) is 17.0. The summed E-state index contributed by atoms with van der Waals surface area (Å²) in [6, 6.07) is 13.9.